The lowest BCUT2D eigenvalue weighted by Crippen LogP contribution is -2.21. The van der Waals surface area contributed by atoms with E-state index >= 15 is 0 Å². The summed E-state index contributed by atoms with van der Waals surface area (Å²) in [6.07, 6.45) is 0. The zero-order valence-corrected chi connectivity index (χ0v) is 12.6. The molecule has 0 unspecified atom stereocenters. The second kappa shape index (κ2) is 7.24. The van der Waals surface area contributed by atoms with Crippen molar-refractivity contribution < 1.29 is 18.7 Å². The molecule has 0 saturated heterocycles. The van der Waals surface area contributed by atoms with Crippen LogP contribution < -0.4 is 5.32 Å². The Morgan fingerprint density at radius 1 is 1.14 bits per heavy atom. The van der Waals surface area contributed by atoms with Gasteiger partial charge in [-0.25, -0.2) is 9.18 Å². The van der Waals surface area contributed by atoms with Crippen LogP contribution in [0.2, 0.25) is 10.0 Å². The quantitative estimate of drug-likeness (QED) is 0.857. The van der Waals surface area contributed by atoms with Crippen LogP contribution in [0.3, 0.4) is 0 Å². The fourth-order valence-electron chi connectivity index (χ4n) is 1.61. The van der Waals surface area contributed by atoms with Gasteiger partial charge in [0.15, 0.2) is 6.61 Å². The van der Waals surface area contributed by atoms with Crippen LogP contribution in [-0.2, 0) is 9.53 Å². The van der Waals surface area contributed by atoms with E-state index in [0.717, 1.165) is 0 Å². The summed E-state index contributed by atoms with van der Waals surface area (Å²) in [5.74, 6) is -2.02. The number of esters is 1. The number of hydrogen-bond acceptors (Lipinski definition) is 3. The SMILES string of the molecule is O=C(COC(=O)c1ccc(Cl)cc1Cl)Nc1ccccc1F. The molecule has 2 aromatic rings. The number of carbonyl (C=O) groups excluding carboxylic acids is 2. The number of benzene rings is 2. The maximum atomic E-state index is 13.4. The zero-order chi connectivity index (χ0) is 16.1. The molecule has 0 aromatic heterocycles. The molecule has 114 valence electrons. The molecule has 0 fully saturated rings. The van der Waals surface area contributed by atoms with Crippen LogP contribution in [-0.4, -0.2) is 18.5 Å². The van der Waals surface area contributed by atoms with E-state index < -0.39 is 24.3 Å². The van der Waals surface area contributed by atoms with Crippen molar-refractivity contribution in [2.45, 2.75) is 0 Å². The highest BCUT2D eigenvalue weighted by molar-refractivity contribution is 6.36. The van der Waals surface area contributed by atoms with E-state index in [1.807, 2.05) is 0 Å². The van der Waals surface area contributed by atoms with E-state index in [-0.39, 0.29) is 16.3 Å². The molecule has 0 aliphatic carbocycles. The number of nitrogens with one attached hydrogen (secondary N) is 1. The summed E-state index contributed by atoms with van der Waals surface area (Å²) in [6.45, 7) is -0.563. The standard InChI is InChI=1S/C15H10Cl2FNO3/c16-9-5-6-10(11(17)7-9)15(21)22-8-14(20)19-13-4-2-1-3-12(13)18/h1-7H,8H2,(H,19,20). The number of ether oxygens (including phenoxy) is 1. The first-order valence-electron chi connectivity index (χ1n) is 6.14. The monoisotopic (exact) mass is 341 g/mol. The number of hydrogen-bond donors (Lipinski definition) is 1. The predicted molar refractivity (Wildman–Crippen MR) is 81.8 cm³/mol. The van der Waals surface area contributed by atoms with Gasteiger partial charge in [-0.1, -0.05) is 35.3 Å². The highest BCUT2D eigenvalue weighted by Crippen LogP contribution is 2.21. The Kier molecular flexibility index (Phi) is 5.35. The van der Waals surface area contributed by atoms with Gasteiger partial charge in [0.25, 0.3) is 5.91 Å². The largest absolute Gasteiger partial charge is 0.452 e. The minimum Gasteiger partial charge on any atom is -0.452 e. The van der Waals surface area contributed by atoms with Crippen LogP contribution in [0, 0.1) is 5.82 Å². The third kappa shape index (κ3) is 4.19. The van der Waals surface area contributed by atoms with Crippen molar-refractivity contribution >= 4 is 40.8 Å². The van der Waals surface area contributed by atoms with Crippen molar-refractivity contribution in [3.05, 3.63) is 63.9 Å². The molecule has 1 amide bonds. The van der Waals surface area contributed by atoms with Crippen molar-refractivity contribution in [2.75, 3.05) is 11.9 Å². The second-order valence-electron chi connectivity index (χ2n) is 4.23. The van der Waals surface area contributed by atoms with Crippen LogP contribution in [0.4, 0.5) is 10.1 Å². The van der Waals surface area contributed by atoms with Gasteiger partial charge in [-0.15, -0.1) is 0 Å². The molecule has 22 heavy (non-hydrogen) atoms. The topological polar surface area (TPSA) is 55.4 Å². The van der Waals surface area contributed by atoms with Gasteiger partial charge in [0.05, 0.1) is 16.3 Å². The molecule has 2 aromatic carbocycles. The Labute approximate surface area is 135 Å². The van der Waals surface area contributed by atoms with Crippen LogP contribution in [0.1, 0.15) is 10.4 Å². The Balaban J connectivity index is 1.93. The molecule has 0 heterocycles. The first kappa shape index (κ1) is 16.3. The molecule has 0 atom stereocenters. The molecular formula is C15H10Cl2FNO3. The van der Waals surface area contributed by atoms with Gasteiger partial charge in [-0.2, -0.15) is 0 Å². The van der Waals surface area contributed by atoms with E-state index in [1.165, 1.54) is 36.4 Å². The first-order valence-corrected chi connectivity index (χ1v) is 6.89. The van der Waals surface area contributed by atoms with Crippen molar-refractivity contribution in [3.63, 3.8) is 0 Å². The third-order valence-electron chi connectivity index (χ3n) is 2.63. The molecule has 0 spiro atoms. The number of halogens is 3. The zero-order valence-electron chi connectivity index (χ0n) is 11.1. The highest BCUT2D eigenvalue weighted by atomic mass is 35.5. The summed E-state index contributed by atoms with van der Waals surface area (Å²) in [5, 5.41) is 2.79. The number of rotatable bonds is 4. The van der Waals surface area contributed by atoms with Gasteiger partial charge in [-0.3, -0.25) is 4.79 Å². The smallest absolute Gasteiger partial charge is 0.340 e. The number of amides is 1. The summed E-state index contributed by atoms with van der Waals surface area (Å²) in [7, 11) is 0. The molecule has 1 N–H and O–H groups in total. The van der Waals surface area contributed by atoms with E-state index in [4.69, 9.17) is 27.9 Å². The van der Waals surface area contributed by atoms with Gasteiger partial charge in [0, 0.05) is 5.02 Å². The van der Waals surface area contributed by atoms with E-state index in [1.54, 1.807) is 6.07 Å². The average Bonchev–Trinajstić information content (AvgIpc) is 2.47. The lowest BCUT2D eigenvalue weighted by Gasteiger charge is -2.08. The van der Waals surface area contributed by atoms with Gasteiger partial charge < -0.3 is 10.1 Å². The van der Waals surface area contributed by atoms with Gasteiger partial charge in [0.1, 0.15) is 5.82 Å². The molecule has 0 bridgehead atoms. The Hall–Kier alpha value is -2.11. The minimum absolute atomic E-state index is 0.00748. The summed E-state index contributed by atoms with van der Waals surface area (Å²) in [5.41, 5.74) is 0.0952. The second-order valence-corrected chi connectivity index (χ2v) is 5.07. The summed E-state index contributed by atoms with van der Waals surface area (Å²) in [6, 6.07) is 9.91. The minimum atomic E-state index is -0.773. The van der Waals surface area contributed by atoms with Crippen molar-refractivity contribution in [3.8, 4) is 0 Å². The average molecular weight is 342 g/mol. The van der Waals surface area contributed by atoms with Gasteiger partial charge in [0.2, 0.25) is 0 Å². The molecule has 0 aliphatic heterocycles. The molecule has 0 radical (unpaired) electrons. The van der Waals surface area contributed by atoms with Crippen LogP contribution in [0.5, 0.6) is 0 Å². The lowest BCUT2D eigenvalue weighted by atomic mass is 10.2. The van der Waals surface area contributed by atoms with Crippen molar-refractivity contribution in [1.82, 2.24) is 0 Å². The van der Waals surface area contributed by atoms with Crippen molar-refractivity contribution in [1.29, 1.82) is 0 Å². The maximum absolute atomic E-state index is 13.4. The van der Waals surface area contributed by atoms with E-state index in [9.17, 15) is 14.0 Å². The van der Waals surface area contributed by atoms with Crippen LogP contribution in [0.15, 0.2) is 42.5 Å². The maximum Gasteiger partial charge on any atom is 0.340 e. The Morgan fingerprint density at radius 2 is 1.86 bits per heavy atom. The number of carbonyl (C=O) groups is 2. The molecular weight excluding hydrogens is 332 g/mol. The summed E-state index contributed by atoms with van der Waals surface area (Å²) < 4.78 is 18.2. The van der Waals surface area contributed by atoms with E-state index in [2.05, 4.69) is 5.32 Å². The molecule has 0 aliphatic rings. The summed E-state index contributed by atoms with van der Waals surface area (Å²) >= 11 is 11.6. The Bertz CT molecular complexity index is 722. The number of para-hydroxylation sites is 1. The molecule has 7 heteroatoms. The van der Waals surface area contributed by atoms with Crippen LogP contribution >= 0.6 is 23.2 Å². The fraction of sp³-hybridized carbons (Fsp3) is 0.0667. The Morgan fingerprint density at radius 3 is 2.55 bits per heavy atom. The molecule has 0 saturated carbocycles. The van der Waals surface area contributed by atoms with Gasteiger partial charge >= 0.3 is 5.97 Å². The first-order chi connectivity index (χ1) is 10.5. The lowest BCUT2D eigenvalue weighted by molar-refractivity contribution is -0.119. The normalized spacial score (nSPS) is 10.1. The predicted octanol–water partition coefficient (Wildman–Crippen LogP) is 3.93. The number of anilines is 1. The van der Waals surface area contributed by atoms with Crippen LogP contribution in [0.25, 0.3) is 0 Å². The van der Waals surface area contributed by atoms with E-state index in [0.29, 0.717) is 5.02 Å². The van der Waals surface area contributed by atoms with Crippen molar-refractivity contribution in [2.24, 2.45) is 0 Å². The molecule has 2 rings (SSSR count). The third-order valence-corrected chi connectivity index (χ3v) is 3.18. The molecule has 4 nitrogen and oxygen atoms in total. The van der Waals surface area contributed by atoms with Gasteiger partial charge in [-0.05, 0) is 30.3 Å². The summed E-state index contributed by atoms with van der Waals surface area (Å²) in [4.78, 5) is 23.4. The fourth-order valence-corrected chi connectivity index (χ4v) is 2.10. The highest BCUT2D eigenvalue weighted by Gasteiger charge is 2.14.